The maximum Gasteiger partial charge on any atom is 0.0360 e. The molecule has 1 nitrogen and oxygen atoms in total. The molecule has 0 radical (unpaired) electrons. The summed E-state index contributed by atoms with van der Waals surface area (Å²) in [5.74, 6) is 2.07. The van der Waals surface area contributed by atoms with Crippen molar-refractivity contribution in [1.82, 2.24) is 5.32 Å². The second-order valence-electron chi connectivity index (χ2n) is 5.22. The lowest BCUT2D eigenvalue weighted by Gasteiger charge is -2.31. The molecule has 1 unspecified atom stereocenters. The minimum absolute atomic E-state index is 0.612. The van der Waals surface area contributed by atoms with Gasteiger partial charge in [-0.3, -0.25) is 0 Å². The lowest BCUT2D eigenvalue weighted by atomic mass is 9.81. The Balaban J connectivity index is 1.88. The van der Waals surface area contributed by atoms with Crippen molar-refractivity contribution in [3.63, 3.8) is 0 Å². The van der Waals surface area contributed by atoms with Crippen LogP contribution in [0, 0.1) is 5.92 Å². The van der Waals surface area contributed by atoms with Crippen LogP contribution in [0.15, 0.2) is 29.2 Å². The van der Waals surface area contributed by atoms with Crippen LogP contribution in [0.2, 0.25) is 0 Å². The van der Waals surface area contributed by atoms with Crippen LogP contribution in [-0.2, 0) is 0 Å². The zero-order valence-electron chi connectivity index (χ0n) is 10.3. The molecule has 0 saturated heterocycles. The second-order valence-corrected chi connectivity index (χ2v) is 6.35. The molecule has 1 N–H and O–H groups in total. The Bertz CT molecular complexity index is 371. The highest BCUT2D eigenvalue weighted by Gasteiger charge is 2.27. The largest absolute Gasteiger partial charge is 0.309 e. The standard InChI is InChI=1S/C15H21NS/c1-2-6-12(7-3-1)15-13-8-4-5-9-14(13)17-11-10-16-15/h4-5,8-9,12,15-16H,1-3,6-7,10-11H2. The summed E-state index contributed by atoms with van der Waals surface area (Å²) in [5.41, 5.74) is 1.56. The van der Waals surface area contributed by atoms with E-state index in [0.29, 0.717) is 6.04 Å². The Labute approximate surface area is 108 Å². The highest BCUT2D eigenvalue weighted by Crippen LogP contribution is 2.39. The van der Waals surface area contributed by atoms with E-state index in [0.717, 1.165) is 12.5 Å². The fraction of sp³-hybridized carbons (Fsp3) is 0.600. The zero-order chi connectivity index (χ0) is 11.5. The molecule has 1 aliphatic carbocycles. The minimum atomic E-state index is 0.612. The molecular formula is C15H21NS. The molecule has 0 bridgehead atoms. The van der Waals surface area contributed by atoms with Crippen LogP contribution in [0.5, 0.6) is 0 Å². The molecule has 2 aliphatic rings. The number of nitrogens with one attached hydrogen (secondary N) is 1. The highest BCUT2D eigenvalue weighted by atomic mass is 32.2. The zero-order valence-corrected chi connectivity index (χ0v) is 11.1. The third-order valence-corrected chi connectivity index (χ3v) is 5.19. The Morgan fingerprint density at radius 2 is 1.88 bits per heavy atom. The normalized spacial score (nSPS) is 26.2. The smallest absolute Gasteiger partial charge is 0.0360 e. The van der Waals surface area contributed by atoms with Crippen molar-refractivity contribution in [2.75, 3.05) is 12.3 Å². The van der Waals surface area contributed by atoms with E-state index < -0.39 is 0 Å². The Kier molecular flexibility index (Phi) is 3.72. The van der Waals surface area contributed by atoms with E-state index in [2.05, 4.69) is 29.6 Å². The van der Waals surface area contributed by atoms with Gasteiger partial charge < -0.3 is 5.32 Å². The molecule has 1 aromatic carbocycles. The van der Waals surface area contributed by atoms with E-state index in [1.165, 1.54) is 42.8 Å². The van der Waals surface area contributed by atoms with Crippen LogP contribution in [0.1, 0.15) is 43.7 Å². The van der Waals surface area contributed by atoms with Crippen LogP contribution >= 0.6 is 11.8 Å². The summed E-state index contributed by atoms with van der Waals surface area (Å²) in [7, 11) is 0. The van der Waals surface area contributed by atoms with Crippen molar-refractivity contribution in [3.8, 4) is 0 Å². The number of rotatable bonds is 1. The number of hydrogen-bond acceptors (Lipinski definition) is 2. The monoisotopic (exact) mass is 247 g/mol. The number of benzene rings is 1. The first-order valence-electron chi connectivity index (χ1n) is 6.90. The van der Waals surface area contributed by atoms with Gasteiger partial charge in [-0.05, 0) is 30.4 Å². The van der Waals surface area contributed by atoms with Gasteiger partial charge >= 0.3 is 0 Å². The first-order valence-corrected chi connectivity index (χ1v) is 7.89. The molecule has 1 aliphatic heterocycles. The lowest BCUT2D eigenvalue weighted by molar-refractivity contribution is 0.273. The van der Waals surface area contributed by atoms with Crippen molar-refractivity contribution >= 4 is 11.8 Å². The molecule has 17 heavy (non-hydrogen) atoms. The Hall–Kier alpha value is -0.470. The van der Waals surface area contributed by atoms with Gasteiger partial charge in [0.15, 0.2) is 0 Å². The second kappa shape index (κ2) is 5.45. The van der Waals surface area contributed by atoms with E-state index in [1.807, 2.05) is 11.8 Å². The fourth-order valence-electron chi connectivity index (χ4n) is 3.24. The number of hydrogen-bond donors (Lipinski definition) is 1. The van der Waals surface area contributed by atoms with Crippen molar-refractivity contribution in [2.24, 2.45) is 5.92 Å². The molecule has 3 rings (SSSR count). The molecular weight excluding hydrogens is 226 g/mol. The summed E-state index contributed by atoms with van der Waals surface area (Å²) in [4.78, 5) is 1.51. The van der Waals surface area contributed by atoms with Gasteiger partial charge in [-0.25, -0.2) is 0 Å². The van der Waals surface area contributed by atoms with E-state index in [1.54, 1.807) is 5.56 Å². The first-order chi connectivity index (χ1) is 8.45. The molecule has 92 valence electrons. The Morgan fingerprint density at radius 1 is 1.06 bits per heavy atom. The SMILES string of the molecule is c1ccc2c(c1)SCCNC2C1CCCCC1. The van der Waals surface area contributed by atoms with Crippen molar-refractivity contribution in [3.05, 3.63) is 29.8 Å². The molecule has 0 aromatic heterocycles. The first kappa shape index (κ1) is 11.6. The Morgan fingerprint density at radius 3 is 2.76 bits per heavy atom. The topological polar surface area (TPSA) is 12.0 Å². The average molecular weight is 247 g/mol. The summed E-state index contributed by atoms with van der Waals surface area (Å²) in [6, 6.07) is 9.61. The summed E-state index contributed by atoms with van der Waals surface area (Å²) >= 11 is 2.01. The fourth-order valence-corrected chi connectivity index (χ4v) is 4.22. The van der Waals surface area contributed by atoms with E-state index in [9.17, 15) is 0 Å². The molecule has 1 aromatic rings. The van der Waals surface area contributed by atoms with Crippen molar-refractivity contribution < 1.29 is 0 Å². The summed E-state index contributed by atoms with van der Waals surface area (Å²) in [6.07, 6.45) is 7.13. The van der Waals surface area contributed by atoms with Crippen molar-refractivity contribution in [1.29, 1.82) is 0 Å². The predicted octanol–water partition coefficient (Wildman–Crippen LogP) is 4.00. The lowest BCUT2D eigenvalue weighted by Crippen LogP contribution is -2.30. The van der Waals surface area contributed by atoms with Gasteiger partial charge in [-0.15, -0.1) is 11.8 Å². The molecule has 1 atom stereocenters. The molecule has 1 heterocycles. The van der Waals surface area contributed by atoms with Gasteiger partial charge in [0.2, 0.25) is 0 Å². The number of thioether (sulfide) groups is 1. The maximum absolute atomic E-state index is 3.79. The van der Waals surface area contributed by atoms with Gasteiger partial charge in [0.25, 0.3) is 0 Å². The molecule has 0 spiro atoms. The molecule has 0 amide bonds. The van der Waals surface area contributed by atoms with Crippen LogP contribution in [0.25, 0.3) is 0 Å². The van der Waals surface area contributed by atoms with Gasteiger partial charge in [-0.2, -0.15) is 0 Å². The quantitative estimate of drug-likeness (QED) is 0.805. The van der Waals surface area contributed by atoms with Gasteiger partial charge in [0.1, 0.15) is 0 Å². The van der Waals surface area contributed by atoms with Crippen LogP contribution in [0.4, 0.5) is 0 Å². The van der Waals surface area contributed by atoms with E-state index in [-0.39, 0.29) is 0 Å². The van der Waals surface area contributed by atoms with Gasteiger partial charge in [-0.1, -0.05) is 37.5 Å². The third kappa shape index (κ3) is 2.53. The predicted molar refractivity (Wildman–Crippen MR) is 74.5 cm³/mol. The number of fused-ring (bicyclic) bond motifs is 1. The summed E-state index contributed by atoms with van der Waals surface area (Å²) in [6.45, 7) is 1.15. The summed E-state index contributed by atoms with van der Waals surface area (Å²) in [5, 5.41) is 3.79. The van der Waals surface area contributed by atoms with Crippen LogP contribution in [-0.4, -0.2) is 12.3 Å². The minimum Gasteiger partial charge on any atom is -0.309 e. The average Bonchev–Trinajstić information content (AvgIpc) is 2.62. The van der Waals surface area contributed by atoms with Gasteiger partial charge in [0, 0.05) is 23.2 Å². The molecule has 1 saturated carbocycles. The van der Waals surface area contributed by atoms with E-state index in [4.69, 9.17) is 0 Å². The van der Waals surface area contributed by atoms with Gasteiger partial charge in [0.05, 0.1) is 0 Å². The third-order valence-electron chi connectivity index (χ3n) is 4.10. The molecule has 1 fully saturated rings. The van der Waals surface area contributed by atoms with Crippen molar-refractivity contribution in [2.45, 2.75) is 43.0 Å². The summed E-state index contributed by atoms with van der Waals surface area (Å²) < 4.78 is 0. The van der Waals surface area contributed by atoms with Crippen LogP contribution < -0.4 is 5.32 Å². The van der Waals surface area contributed by atoms with E-state index >= 15 is 0 Å². The maximum atomic E-state index is 3.79. The molecule has 2 heteroatoms. The highest BCUT2D eigenvalue weighted by molar-refractivity contribution is 7.99. The van der Waals surface area contributed by atoms with Crippen LogP contribution in [0.3, 0.4) is 0 Å².